The molecular weight excluding hydrogens is 270 g/mol. The zero-order chi connectivity index (χ0) is 13.8. The molecule has 0 aliphatic carbocycles. The molecule has 0 amide bonds. The average molecular weight is 279 g/mol. The highest BCUT2D eigenvalue weighted by atomic mass is 32.2. The Hall–Kier alpha value is -2.19. The number of nitrogens with one attached hydrogen (secondary N) is 1. The molecule has 0 spiro atoms. The summed E-state index contributed by atoms with van der Waals surface area (Å²) in [4.78, 5) is 28.3. The Morgan fingerprint density at radius 1 is 1.42 bits per heavy atom. The van der Waals surface area contributed by atoms with Gasteiger partial charge in [-0.05, 0) is 11.6 Å². The van der Waals surface area contributed by atoms with E-state index in [2.05, 4.69) is 9.97 Å². The van der Waals surface area contributed by atoms with Crippen molar-refractivity contribution in [3.8, 4) is 0 Å². The first-order valence-corrected chi connectivity index (χ1v) is 6.03. The van der Waals surface area contributed by atoms with Gasteiger partial charge < -0.3 is 10.1 Å². The summed E-state index contributed by atoms with van der Waals surface area (Å²) < 4.78 is 0. The minimum Gasteiger partial charge on any atom is -0.392 e. The first kappa shape index (κ1) is 13.2. The van der Waals surface area contributed by atoms with E-state index in [4.69, 9.17) is 0 Å². The number of aliphatic hydroxyl groups excluding tert-OH is 1. The van der Waals surface area contributed by atoms with Crippen LogP contribution in [0.25, 0.3) is 0 Å². The highest BCUT2D eigenvalue weighted by molar-refractivity contribution is 7.99. The molecule has 19 heavy (non-hydrogen) atoms. The van der Waals surface area contributed by atoms with Crippen molar-refractivity contribution >= 4 is 17.4 Å². The molecule has 0 saturated carbocycles. The van der Waals surface area contributed by atoms with Crippen LogP contribution in [-0.4, -0.2) is 20.0 Å². The van der Waals surface area contributed by atoms with Gasteiger partial charge >= 0.3 is 0 Å². The molecule has 0 aliphatic rings. The number of aromatic amines is 1. The van der Waals surface area contributed by atoms with Crippen LogP contribution < -0.4 is 5.56 Å². The van der Waals surface area contributed by atoms with E-state index in [0.29, 0.717) is 15.6 Å². The zero-order valence-electron chi connectivity index (χ0n) is 9.57. The number of rotatable bonds is 4. The first-order valence-electron chi connectivity index (χ1n) is 5.21. The van der Waals surface area contributed by atoms with E-state index in [-0.39, 0.29) is 17.9 Å². The molecular formula is C11H9N3O4S. The van der Waals surface area contributed by atoms with Crippen LogP contribution in [0, 0.1) is 10.1 Å². The van der Waals surface area contributed by atoms with Gasteiger partial charge in [0.05, 0.1) is 11.5 Å². The Morgan fingerprint density at radius 3 is 2.84 bits per heavy atom. The van der Waals surface area contributed by atoms with Crippen LogP contribution >= 0.6 is 11.8 Å². The highest BCUT2D eigenvalue weighted by Crippen LogP contribution is 2.30. The number of nitro groups is 1. The van der Waals surface area contributed by atoms with E-state index >= 15 is 0 Å². The molecule has 0 aliphatic heterocycles. The summed E-state index contributed by atoms with van der Waals surface area (Å²) in [5.74, 6) is 0. The lowest BCUT2D eigenvalue weighted by molar-refractivity contribution is -0.385. The Balaban J connectivity index is 2.35. The molecule has 0 fully saturated rings. The number of non-ortho nitro benzene ring substituents is 1. The van der Waals surface area contributed by atoms with Gasteiger partial charge in [-0.3, -0.25) is 14.9 Å². The van der Waals surface area contributed by atoms with Gasteiger partial charge in [-0.1, -0.05) is 11.8 Å². The number of nitrogens with zero attached hydrogens (tertiary/aromatic N) is 2. The molecule has 2 N–H and O–H groups in total. The van der Waals surface area contributed by atoms with Gasteiger partial charge in [0, 0.05) is 29.3 Å². The summed E-state index contributed by atoms with van der Waals surface area (Å²) in [6.07, 6.45) is 1.37. The molecule has 0 unspecified atom stereocenters. The predicted octanol–water partition coefficient (Wildman–Crippen LogP) is 1.32. The van der Waals surface area contributed by atoms with Crippen LogP contribution in [0.1, 0.15) is 5.56 Å². The maximum absolute atomic E-state index is 11.1. The van der Waals surface area contributed by atoms with Crippen molar-refractivity contribution in [2.45, 2.75) is 16.7 Å². The fourth-order valence-electron chi connectivity index (χ4n) is 1.41. The molecule has 8 heteroatoms. The van der Waals surface area contributed by atoms with Gasteiger partial charge in [-0.2, -0.15) is 0 Å². The second kappa shape index (κ2) is 5.63. The van der Waals surface area contributed by atoms with Crippen molar-refractivity contribution < 1.29 is 10.0 Å². The maximum atomic E-state index is 11.1. The molecule has 98 valence electrons. The standard InChI is InChI=1S/C11H9N3O4S/c15-6-7-5-8(14(17)18)1-2-9(7)19-11-12-4-3-10(16)13-11/h1-5,15H,6H2,(H,12,13,16). The van der Waals surface area contributed by atoms with Gasteiger partial charge in [0.2, 0.25) is 0 Å². The molecule has 0 bridgehead atoms. The van der Waals surface area contributed by atoms with Crippen molar-refractivity contribution in [1.82, 2.24) is 9.97 Å². The van der Waals surface area contributed by atoms with Gasteiger partial charge in [0.15, 0.2) is 5.16 Å². The number of nitro benzene ring substituents is 1. The Bertz CT molecular complexity index is 671. The Labute approximate surface area is 111 Å². The van der Waals surface area contributed by atoms with Crippen molar-refractivity contribution in [3.05, 3.63) is 56.5 Å². The lowest BCUT2D eigenvalue weighted by atomic mass is 10.2. The Kier molecular flexibility index (Phi) is 3.93. The fourth-order valence-corrected chi connectivity index (χ4v) is 2.27. The molecule has 2 aromatic rings. The number of aliphatic hydroxyl groups is 1. The van der Waals surface area contributed by atoms with Crippen LogP contribution in [0.15, 0.2) is 45.3 Å². The maximum Gasteiger partial charge on any atom is 0.269 e. The third-order valence-corrected chi connectivity index (χ3v) is 3.30. The van der Waals surface area contributed by atoms with Crippen molar-refractivity contribution in [2.24, 2.45) is 0 Å². The van der Waals surface area contributed by atoms with Gasteiger partial charge in [-0.15, -0.1) is 0 Å². The molecule has 0 radical (unpaired) electrons. The van der Waals surface area contributed by atoms with Crippen LogP contribution in [0.4, 0.5) is 5.69 Å². The van der Waals surface area contributed by atoms with Gasteiger partial charge in [-0.25, -0.2) is 4.98 Å². The van der Waals surface area contributed by atoms with E-state index < -0.39 is 4.92 Å². The van der Waals surface area contributed by atoms with Crippen molar-refractivity contribution in [1.29, 1.82) is 0 Å². The number of aromatic nitrogens is 2. The third-order valence-electron chi connectivity index (χ3n) is 2.28. The number of H-pyrrole nitrogens is 1. The average Bonchev–Trinajstić information content (AvgIpc) is 2.39. The second-order valence-corrected chi connectivity index (χ2v) is 4.58. The summed E-state index contributed by atoms with van der Waals surface area (Å²) >= 11 is 1.12. The summed E-state index contributed by atoms with van der Waals surface area (Å²) in [6.45, 7) is -0.332. The smallest absolute Gasteiger partial charge is 0.269 e. The van der Waals surface area contributed by atoms with Crippen LogP contribution in [0.3, 0.4) is 0 Å². The van der Waals surface area contributed by atoms with E-state index in [1.165, 1.54) is 30.5 Å². The predicted molar refractivity (Wildman–Crippen MR) is 68.0 cm³/mol. The Morgan fingerprint density at radius 2 is 2.21 bits per heavy atom. The highest BCUT2D eigenvalue weighted by Gasteiger charge is 2.11. The summed E-state index contributed by atoms with van der Waals surface area (Å²) in [5, 5.41) is 20.2. The largest absolute Gasteiger partial charge is 0.392 e. The van der Waals surface area contributed by atoms with E-state index in [1.54, 1.807) is 0 Å². The normalized spacial score (nSPS) is 10.4. The molecule has 7 nitrogen and oxygen atoms in total. The minimum absolute atomic E-state index is 0.0945. The zero-order valence-corrected chi connectivity index (χ0v) is 10.4. The quantitative estimate of drug-likeness (QED) is 0.496. The topological polar surface area (TPSA) is 109 Å². The van der Waals surface area contributed by atoms with Gasteiger partial charge in [0.25, 0.3) is 11.2 Å². The van der Waals surface area contributed by atoms with Gasteiger partial charge in [0.1, 0.15) is 0 Å². The third kappa shape index (κ3) is 3.18. The second-order valence-electron chi connectivity index (χ2n) is 3.55. The molecule has 2 rings (SSSR count). The monoisotopic (exact) mass is 279 g/mol. The van der Waals surface area contributed by atoms with E-state index in [1.807, 2.05) is 0 Å². The number of hydrogen-bond donors (Lipinski definition) is 2. The molecule has 0 atom stereocenters. The van der Waals surface area contributed by atoms with Crippen LogP contribution in [-0.2, 0) is 6.61 Å². The SMILES string of the molecule is O=c1ccnc(Sc2ccc([N+](=O)[O-])cc2CO)[nH]1. The molecule has 1 aromatic heterocycles. The van der Waals surface area contributed by atoms with Crippen LogP contribution in [0.5, 0.6) is 0 Å². The molecule has 0 saturated heterocycles. The van der Waals surface area contributed by atoms with E-state index in [9.17, 15) is 20.0 Å². The fraction of sp³-hybridized carbons (Fsp3) is 0.0909. The lowest BCUT2D eigenvalue weighted by Gasteiger charge is -2.05. The van der Waals surface area contributed by atoms with E-state index in [0.717, 1.165) is 11.8 Å². The summed E-state index contributed by atoms with van der Waals surface area (Å²) in [7, 11) is 0. The van der Waals surface area contributed by atoms with Crippen molar-refractivity contribution in [3.63, 3.8) is 0 Å². The summed E-state index contributed by atoms with van der Waals surface area (Å²) in [5.41, 5.74) is 0.0265. The first-order chi connectivity index (χ1) is 9.10. The lowest BCUT2D eigenvalue weighted by Crippen LogP contribution is -2.05. The number of hydrogen-bond acceptors (Lipinski definition) is 6. The molecule has 1 heterocycles. The number of benzene rings is 1. The summed E-state index contributed by atoms with van der Waals surface area (Å²) in [6, 6.07) is 5.43. The van der Waals surface area contributed by atoms with Crippen molar-refractivity contribution in [2.75, 3.05) is 0 Å². The molecule has 1 aromatic carbocycles. The van der Waals surface area contributed by atoms with Crippen LogP contribution in [0.2, 0.25) is 0 Å². The minimum atomic E-state index is -0.532.